The van der Waals surface area contributed by atoms with Crippen molar-refractivity contribution >= 4 is 40.9 Å². The molecule has 0 radical (unpaired) electrons. The van der Waals surface area contributed by atoms with E-state index in [2.05, 4.69) is 20.9 Å². The van der Waals surface area contributed by atoms with Crippen LogP contribution in [0.4, 0.5) is 4.79 Å². The molecular weight excluding hydrogens is 424 g/mol. The number of benzene rings is 1. The Hall–Kier alpha value is -3.18. The minimum absolute atomic E-state index is 0.0322. The van der Waals surface area contributed by atoms with Gasteiger partial charge in [-0.3, -0.25) is 15.0 Å². The first kappa shape index (κ1) is 20.1. The zero-order chi connectivity index (χ0) is 21.3. The van der Waals surface area contributed by atoms with Crippen LogP contribution in [0.2, 0.25) is 0 Å². The number of aromatic nitrogens is 3. The van der Waals surface area contributed by atoms with Gasteiger partial charge >= 0.3 is 6.03 Å². The smallest absolute Gasteiger partial charge is 0.318 e. The van der Waals surface area contributed by atoms with E-state index in [0.717, 1.165) is 9.89 Å². The summed E-state index contributed by atoms with van der Waals surface area (Å²) in [6.45, 7) is 1.61. The summed E-state index contributed by atoms with van der Waals surface area (Å²) in [4.78, 5) is 38.5. The number of hydrazine groups is 1. The maximum absolute atomic E-state index is 12.8. The molecule has 1 aliphatic rings. The third-order valence-electron chi connectivity index (χ3n) is 4.69. The second-order valence-corrected chi connectivity index (χ2v) is 8.62. The minimum Gasteiger partial charge on any atom is -0.318 e. The zero-order valence-corrected chi connectivity index (χ0v) is 17.8. The van der Waals surface area contributed by atoms with Gasteiger partial charge in [0.1, 0.15) is 5.54 Å². The van der Waals surface area contributed by atoms with E-state index < -0.39 is 23.4 Å². The van der Waals surface area contributed by atoms with Crippen LogP contribution in [-0.4, -0.2) is 43.4 Å². The molecule has 3 heterocycles. The summed E-state index contributed by atoms with van der Waals surface area (Å²) in [5.41, 5.74) is 1.78. The van der Waals surface area contributed by atoms with Gasteiger partial charge in [0.05, 0.1) is 10.6 Å². The molecule has 4 rings (SSSR count). The Morgan fingerprint density at radius 2 is 1.97 bits per heavy atom. The number of amides is 4. The molecule has 0 spiro atoms. The summed E-state index contributed by atoms with van der Waals surface area (Å²) < 4.78 is 1.80. The Morgan fingerprint density at radius 3 is 2.67 bits per heavy atom. The van der Waals surface area contributed by atoms with Crippen molar-refractivity contribution in [1.29, 1.82) is 0 Å². The van der Waals surface area contributed by atoms with Gasteiger partial charge in [0.25, 0.3) is 5.91 Å². The number of carbonyl (C=O) groups is 3. The van der Waals surface area contributed by atoms with Crippen LogP contribution in [0, 0.1) is 0 Å². The van der Waals surface area contributed by atoms with Gasteiger partial charge in [0.2, 0.25) is 5.91 Å². The molecule has 1 atom stereocenters. The molecule has 1 unspecified atom stereocenters. The van der Waals surface area contributed by atoms with E-state index in [9.17, 15) is 14.4 Å². The predicted octanol–water partition coefficient (Wildman–Crippen LogP) is 2.13. The molecule has 4 amide bonds. The minimum atomic E-state index is -1.24. The van der Waals surface area contributed by atoms with Crippen LogP contribution in [-0.2, 0) is 22.2 Å². The van der Waals surface area contributed by atoms with Crippen LogP contribution < -0.4 is 10.7 Å². The first-order valence-corrected chi connectivity index (χ1v) is 10.8. The predicted molar refractivity (Wildman–Crippen MR) is 112 cm³/mol. The lowest BCUT2D eigenvalue weighted by atomic mass is 9.92. The Kier molecular flexibility index (Phi) is 5.31. The molecule has 154 valence electrons. The third kappa shape index (κ3) is 3.57. The second kappa shape index (κ2) is 7.92. The van der Waals surface area contributed by atoms with Gasteiger partial charge in [-0.2, -0.15) is 5.01 Å². The number of nitrogens with one attached hydrogen (secondary N) is 2. The Bertz CT molecular complexity index is 1100. The number of urea groups is 1. The average Bonchev–Trinajstić information content (AvgIpc) is 3.44. The van der Waals surface area contributed by atoms with Crippen molar-refractivity contribution in [3.63, 3.8) is 0 Å². The highest BCUT2D eigenvalue weighted by molar-refractivity contribution is 7.99. The van der Waals surface area contributed by atoms with Gasteiger partial charge in [-0.1, -0.05) is 48.2 Å². The molecule has 0 saturated carbocycles. The van der Waals surface area contributed by atoms with E-state index in [4.69, 9.17) is 0 Å². The largest absolute Gasteiger partial charge is 0.344 e. The van der Waals surface area contributed by atoms with Crippen molar-refractivity contribution in [1.82, 2.24) is 30.5 Å². The fourth-order valence-corrected chi connectivity index (χ4v) is 4.50. The van der Waals surface area contributed by atoms with Gasteiger partial charge in [0, 0.05) is 7.05 Å². The molecule has 2 N–H and O–H groups in total. The zero-order valence-electron chi connectivity index (χ0n) is 16.2. The van der Waals surface area contributed by atoms with Gasteiger partial charge in [0.15, 0.2) is 11.0 Å². The molecule has 30 heavy (non-hydrogen) atoms. The third-order valence-corrected chi connectivity index (χ3v) is 6.57. The van der Waals surface area contributed by atoms with Crippen LogP contribution >= 0.6 is 23.1 Å². The molecule has 0 bridgehead atoms. The van der Waals surface area contributed by atoms with E-state index in [-0.39, 0.29) is 5.75 Å². The fraction of sp³-hybridized carbons (Fsp3) is 0.211. The summed E-state index contributed by atoms with van der Waals surface area (Å²) in [6, 6.07) is 12.1. The molecule has 3 aromatic rings. The molecule has 1 aliphatic heterocycles. The van der Waals surface area contributed by atoms with Crippen LogP contribution in [0.3, 0.4) is 0 Å². The van der Waals surface area contributed by atoms with Gasteiger partial charge in [-0.25, -0.2) is 4.79 Å². The lowest BCUT2D eigenvalue weighted by molar-refractivity contribution is -0.138. The number of hydrogen-bond acceptors (Lipinski definition) is 7. The maximum atomic E-state index is 12.8. The summed E-state index contributed by atoms with van der Waals surface area (Å²) in [6.07, 6.45) is 0. The van der Waals surface area contributed by atoms with E-state index in [1.807, 2.05) is 30.6 Å². The van der Waals surface area contributed by atoms with Crippen LogP contribution in [0.5, 0.6) is 0 Å². The fourth-order valence-electron chi connectivity index (χ4n) is 3.06. The van der Waals surface area contributed by atoms with E-state index >= 15 is 0 Å². The van der Waals surface area contributed by atoms with Crippen molar-refractivity contribution in [2.45, 2.75) is 17.6 Å². The lowest BCUT2D eigenvalue weighted by Crippen LogP contribution is -2.48. The number of thioether (sulfide) groups is 1. The highest BCUT2D eigenvalue weighted by Crippen LogP contribution is 2.28. The highest BCUT2D eigenvalue weighted by atomic mass is 32.2. The molecule has 1 fully saturated rings. The standard InChI is InChI=1S/C19H18N6O3S2/c1-19(12-7-4-3-5-8-12)16(27)25(17(28)20-19)23-14(26)11-30-18-22-21-15(24(18)2)13-9-6-10-29-13/h3-10H,11H2,1-2H3,(H,20,28)(H,23,26). The van der Waals surface area contributed by atoms with Crippen molar-refractivity contribution in [2.24, 2.45) is 7.05 Å². The number of carbonyl (C=O) groups excluding carboxylic acids is 3. The van der Waals surface area contributed by atoms with E-state index in [1.165, 1.54) is 11.8 Å². The van der Waals surface area contributed by atoms with Gasteiger partial charge in [-0.15, -0.1) is 21.5 Å². The van der Waals surface area contributed by atoms with E-state index in [0.29, 0.717) is 16.5 Å². The molecule has 9 nitrogen and oxygen atoms in total. The maximum Gasteiger partial charge on any atom is 0.344 e. The lowest BCUT2D eigenvalue weighted by Gasteiger charge is -2.22. The molecule has 2 aromatic heterocycles. The second-order valence-electron chi connectivity index (χ2n) is 6.73. The first-order valence-electron chi connectivity index (χ1n) is 8.98. The number of nitrogens with zero attached hydrogens (tertiary/aromatic N) is 4. The van der Waals surface area contributed by atoms with Crippen LogP contribution in [0.15, 0.2) is 53.0 Å². The molecule has 1 aromatic carbocycles. The van der Waals surface area contributed by atoms with E-state index in [1.54, 1.807) is 47.1 Å². The quantitative estimate of drug-likeness (QED) is 0.447. The SMILES string of the molecule is Cn1c(SCC(=O)NN2C(=O)NC(C)(c3ccccc3)C2=O)nnc1-c1cccs1. The Labute approximate surface area is 180 Å². The van der Waals surface area contributed by atoms with Crippen molar-refractivity contribution in [3.05, 3.63) is 53.4 Å². The van der Waals surface area contributed by atoms with Crippen LogP contribution in [0.25, 0.3) is 10.7 Å². The summed E-state index contributed by atoms with van der Waals surface area (Å²) in [5.74, 6) is -0.368. The summed E-state index contributed by atoms with van der Waals surface area (Å²) >= 11 is 2.71. The number of hydrogen-bond donors (Lipinski definition) is 2. The number of thiophene rings is 1. The normalized spacial score (nSPS) is 18.5. The topological polar surface area (TPSA) is 109 Å². The number of rotatable bonds is 6. The van der Waals surface area contributed by atoms with Crippen molar-refractivity contribution in [3.8, 4) is 10.7 Å². The Balaban J connectivity index is 1.40. The van der Waals surface area contributed by atoms with Gasteiger partial charge < -0.3 is 9.88 Å². The first-order chi connectivity index (χ1) is 14.4. The molecule has 1 saturated heterocycles. The Morgan fingerprint density at radius 1 is 1.20 bits per heavy atom. The summed E-state index contributed by atoms with van der Waals surface area (Å²) in [7, 11) is 1.82. The van der Waals surface area contributed by atoms with Crippen molar-refractivity contribution in [2.75, 3.05) is 5.75 Å². The van der Waals surface area contributed by atoms with Crippen molar-refractivity contribution < 1.29 is 14.4 Å². The monoisotopic (exact) mass is 442 g/mol. The number of imide groups is 1. The molecular formula is C19H18N6O3S2. The van der Waals surface area contributed by atoms with Crippen LogP contribution in [0.1, 0.15) is 12.5 Å². The summed E-state index contributed by atoms with van der Waals surface area (Å²) in [5, 5.41) is 14.1. The average molecular weight is 443 g/mol. The highest BCUT2D eigenvalue weighted by Gasteiger charge is 2.49. The molecule has 0 aliphatic carbocycles. The molecule has 11 heteroatoms. The van der Waals surface area contributed by atoms with Gasteiger partial charge in [-0.05, 0) is 23.9 Å².